The summed E-state index contributed by atoms with van der Waals surface area (Å²) in [6, 6.07) is 7.65. The number of benzene rings is 1. The Bertz CT molecular complexity index is 299. The Kier molecular flexibility index (Phi) is 3.65. The Morgan fingerprint density at radius 2 is 2.38 bits per heavy atom. The summed E-state index contributed by atoms with van der Waals surface area (Å²) < 4.78 is 5.07. The smallest absolute Gasteiger partial charge is 0.120 e. The van der Waals surface area contributed by atoms with Gasteiger partial charge >= 0.3 is 0 Å². The average molecular weight is 198 g/mol. The van der Waals surface area contributed by atoms with Gasteiger partial charge < -0.3 is 10.1 Å². The number of rotatable bonds is 4. The van der Waals surface area contributed by atoms with E-state index in [4.69, 9.17) is 16.3 Å². The van der Waals surface area contributed by atoms with Crippen LogP contribution in [0.2, 0.25) is 0 Å². The number of anilines is 1. The van der Waals surface area contributed by atoms with Crippen molar-refractivity contribution in [3.63, 3.8) is 0 Å². The number of hydrogen-bond acceptors (Lipinski definition) is 2. The largest absolute Gasteiger partial charge is 0.497 e. The van der Waals surface area contributed by atoms with Crippen molar-refractivity contribution in [3.05, 3.63) is 35.9 Å². The Balaban J connectivity index is 2.61. The maximum atomic E-state index is 5.61. The molecular formula is C10H12ClNO. The normalized spacial score (nSPS) is 9.38. The second kappa shape index (κ2) is 4.77. The minimum atomic E-state index is 0.564. The molecule has 0 amide bonds. The predicted octanol–water partition coefficient (Wildman–Crippen LogP) is 2.86. The van der Waals surface area contributed by atoms with Crippen molar-refractivity contribution >= 4 is 17.3 Å². The number of nitrogens with one attached hydrogen (secondary N) is 1. The highest BCUT2D eigenvalue weighted by Crippen LogP contribution is 2.16. The summed E-state index contributed by atoms with van der Waals surface area (Å²) >= 11 is 5.61. The molecule has 1 aromatic carbocycles. The maximum absolute atomic E-state index is 5.61. The molecular weight excluding hydrogens is 186 g/mol. The summed E-state index contributed by atoms with van der Waals surface area (Å²) in [6.45, 7) is 4.15. The van der Waals surface area contributed by atoms with Crippen LogP contribution in [0.1, 0.15) is 0 Å². The van der Waals surface area contributed by atoms with E-state index in [1.165, 1.54) is 0 Å². The highest BCUT2D eigenvalue weighted by molar-refractivity contribution is 6.29. The molecule has 1 N–H and O–H groups in total. The molecule has 0 spiro atoms. The molecule has 0 aliphatic rings. The highest BCUT2D eigenvalue weighted by atomic mass is 35.5. The molecule has 0 bridgehead atoms. The summed E-state index contributed by atoms with van der Waals surface area (Å²) in [5.41, 5.74) is 0.973. The summed E-state index contributed by atoms with van der Waals surface area (Å²) in [5.74, 6) is 0.824. The van der Waals surface area contributed by atoms with Crippen LogP contribution in [0.4, 0.5) is 5.69 Å². The Labute approximate surface area is 83.2 Å². The fraction of sp³-hybridized carbons (Fsp3) is 0.200. The fourth-order valence-corrected chi connectivity index (χ4v) is 0.998. The zero-order valence-electron chi connectivity index (χ0n) is 7.51. The SMILES string of the molecule is C=C(Cl)CNc1cccc(OC)c1. The topological polar surface area (TPSA) is 21.3 Å². The van der Waals surface area contributed by atoms with Gasteiger partial charge in [0, 0.05) is 16.8 Å². The van der Waals surface area contributed by atoms with Crippen LogP contribution in [0.5, 0.6) is 5.75 Å². The summed E-state index contributed by atoms with van der Waals surface area (Å²) in [6.07, 6.45) is 0. The van der Waals surface area contributed by atoms with Crippen LogP contribution in [0.15, 0.2) is 35.9 Å². The summed E-state index contributed by atoms with van der Waals surface area (Å²) in [4.78, 5) is 0. The Morgan fingerprint density at radius 1 is 1.62 bits per heavy atom. The molecule has 2 nitrogen and oxygen atoms in total. The molecule has 0 aliphatic heterocycles. The van der Waals surface area contributed by atoms with Crippen molar-refractivity contribution in [2.45, 2.75) is 0 Å². The third-order valence-corrected chi connectivity index (χ3v) is 1.69. The molecule has 0 aromatic heterocycles. The van der Waals surface area contributed by atoms with Crippen molar-refractivity contribution in [2.24, 2.45) is 0 Å². The van der Waals surface area contributed by atoms with Gasteiger partial charge in [-0.2, -0.15) is 0 Å². The lowest BCUT2D eigenvalue weighted by molar-refractivity contribution is 0.415. The first-order chi connectivity index (χ1) is 6.22. The van der Waals surface area contributed by atoms with Gasteiger partial charge in [0.2, 0.25) is 0 Å². The first kappa shape index (κ1) is 9.93. The maximum Gasteiger partial charge on any atom is 0.120 e. The lowest BCUT2D eigenvalue weighted by atomic mass is 10.3. The third-order valence-electron chi connectivity index (χ3n) is 1.55. The second-order valence-corrected chi connectivity index (χ2v) is 3.14. The number of halogens is 1. The Hall–Kier alpha value is -1.15. The van der Waals surface area contributed by atoms with E-state index in [0.717, 1.165) is 11.4 Å². The lowest BCUT2D eigenvalue weighted by Gasteiger charge is -2.06. The first-order valence-electron chi connectivity index (χ1n) is 3.93. The molecule has 1 rings (SSSR count). The summed E-state index contributed by atoms with van der Waals surface area (Å²) in [5, 5.41) is 3.69. The van der Waals surface area contributed by atoms with Gasteiger partial charge in [-0.1, -0.05) is 24.2 Å². The van der Waals surface area contributed by atoms with Gasteiger partial charge in [-0.15, -0.1) is 0 Å². The van der Waals surface area contributed by atoms with E-state index in [1.54, 1.807) is 7.11 Å². The van der Waals surface area contributed by atoms with E-state index in [2.05, 4.69) is 11.9 Å². The molecule has 0 unspecified atom stereocenters. The van der Waals surface area contributed by atoms with E-state index in [1.807, 2.05) is 24.3 Å². The number of ether oxygens (including phenoxy) is 1. The van der Waals surface area contributed by atoms with Crippen LogP contribution < -0.4 is 10.1 Å². The van der Waals surface area contributed by atoms with Crippen LogP contribution in [0.25, 0.3) is 0 Å². The van der Waals surface area contributed by atoms with Crippen molar-refractivity contribution in [3.8, 4) is 5.75 Å². The zero-order chi connectivity index (χ0) is 9.68. The van der Waals surface area contributed by atoms with Gasteiger partial charge in [-0.05, 0) is 12.1 Å². The molecule has 70 valence electrons. The lowest BCUT2D eigenvalue weighted by Crippen LogP contribution is -2.00. The number of methoxy groups -OCH3 is 1. The molecule has 0 fully saturated rings. The second-order valence-electron chi connectivity index (χ2n) is 2.60. The quantitative estimate of drug-likeness (QED) is 0.802. The zero-order valence-corrected chi connectivity index (χ0v) is 8.27. The van der Waals surface area contributed by atoms with Gasteiger partial charge in [-0.25, -0.2) is 0 Å². The van der Waals surface area contributed by atoms with Gasteiger partial charge in [0.1, 0.15) is 5.75 Å². The molecule has 0 saturated heterocycles. The number of hydrogen-bond donors (Lipinski definition) is 1. The van der Waals surface area contributed by atoms with Crippen molar-refractivity contribution < 1.29 is 4.74 Å². The minimum Gasteiger partial charge on any atom is -0.497 e. The van der Waals surface area contributed by atoms with E-state index in [-0.39, 0.29) is 0 Å². The van der Waals surface area contributed by atoms with E-state index < -0.39 is 0 Å². The monoisotopic (exact) mass is 197 g/mol. The van der Waals surface area contributed by atoms with Crippen molar-refractivity contribution in [2.75, 3.05) is 19.0 Å². The van der Waals surface area contributed by atoms with Gasteiger partial charge in [0.05, 0.1) is 13.7 Å². The van der Waals surface area contributed by atoms with Crippen molar-refractivity contribution in [1.82, 2.24) is 0 Å². The van der Waals surface area contributed by atoms with Crippen LogP contribution in [0, 0.1) is 0 Å². The van der Waals surface area contributed by atoms with Gasteiger partial charge in [-0.3, -0.25) is 0 Å². The standard InChI is InChI=1S/C10H12ClNO/c1-8(11)7-12-9-4-3-5-10(6-9)13-2/h3-6,12H,1,7H2,2H3. The highest BCUT2D eigenvalue weighted by Gasteiger charge is 1.94. The molecule has 13 heavy (non-hydrogen) atoms. The first-order valence-corrected chi connectivity index (χ1v) is 4.31. The minimum absolute atomic E-state index is 0.564. The fourth-order valence-electron chi connectivity index (χ4n) is 0.931. The predicted molar refractivity (Wildman–Crippen MR) is 56.5 cm³/mol. The molecule has 3 heteroatoms. The molecule has 0 heterocycles. The molecule has 1 aromatic rings. The van der Waals surface area contributed by atoms with E-state index in [0.29, 0.717) is 11.6 Å². The van der Waals surface area contributed by atoms with Crippen LogP contribution in [0.3, 0.4) is 0 Å². The molecule has 0 aliphatic carbocycles. The third kappa shape index (κ3) is 3.38. The molecule has 0 saturated carbocycles. The van der Waals surface area contributed by atoms with Gasteiger partial charge in [0.15, 0.2) is 0 Å². The van der Waals surface area contributed by atoms with Gasteiger partial charge in [0.25, 0.3) is 0 Å². The van der Waals surface area contributed by atoms with E-state index in [9.17, 15) is 0 Å². The average Bonchev–Trinajstić information content (AvgIpc) is 2.15. The van der Waals surface area contributed by atoms with Crippen LogP contribution in [-0.2, 0) is 0 Å². The molecule has 0 radical (unpaired) electrons. The van der Waals surface area contributed by atoms with E-state index >= 15 is 0 Å². The Morgan fingerprint density at radius 3 is 3.00 bits per heavy atom. The van der Waals surface area contributed by atoms with Crippen LogP contribution >= 0.6 is 11.6 Å². The summed E-state index contributed by atoms with van der Waals surface area (Å²) in [7, 11) is 1.64. The van der Waals surface area contributed by atoms with Crippen molar-refractivity contribution in [1.29, 1.82) is 0 Å². The van der Waals surface area contributed by atoms with Crippen LogP contribution in [-0.4, -0.2) is 13.7 Å². The molecule has 0 atom stereocenters.